The number of carbonyl (C=O) groups is 1. The Morgan fingerprint density at radius 1 is 0.818 bits per heavy atom. The largest absolute Gasteiger partial charge is 0.423 e. The van der Waals surface area contributed by atoms with Crippen LogP contribution in [0.1, 0.15) is 64.4 Å². The van der Waals surface area contributed by atoms with Crippen LogP contribution in [0.3, 0.4) is 0 Å². The molecule has 0 saturated carbocycles. The standard InChI is InChI=1S/C29H34N2O2/c1-3-5-7-8-10-12-28(32)33-27-21-30-29(31-22-27)26-19-17-25(18-20-26)24-15-13-23(14-16-24)11-9-6-4-2/h5,7,13-22H,3-4,6,8-12H2,1-2H3/b7-5-. The highest BCUT2D eigenvalue weighted by atomic mass is 16.5. The van der Waals surface area contributed by atoms with Gasteiger partial charge in [0.2, 0.25) is 0 Å². The van der Waals surface area contributed by atoms with E-state index in [2.05, 4.69) is 72.4 Å². The van der Waals surface area contributed by atoms with E-state index in [-0.39, 0.29) is 5.97 Å². The molecule has 0 atom stereocenters. The van der Waals surface area contributed by atoms with Crippen molar-refractivity contribution in [3.05, 3.63) is 78.6 Å². The average Bonchev–Trinajstić information content (AvgIpc) is 2.85. The quantitative estimate of drug-likeness (QED) is 0.165. The molecule has 33 heavy (non-hydrogen) atoms. The van der Waals surface area contributed by atoms with Gasteiger partial charge in [0, 0.05) is 12.0 Å². The maximum Gasteiger partial charge on any atom is 0.311 e. The molecule has 1 heterocycles. The number of ether oxygens (including phenoxy) is 1. The highest BCUT2D eigenvalue weighted by Gasteiger charge is 2.07. The molecular weight excluding hydrogens is 408 g/mol. The van der Waals surface area contributed by atoms with Crippen LogP contribution in [0.5, 0.6) is 5.75 Å². The molecule has 3 rings (SSSR count). The van der Waals surface area contributed by atoms with Gasteiger partial charge < -0.3 is 4.74 Å². The van der Waals surface area contributed by atoms with Crippen LogP contribution < -0.4 is 4.74 Å². The molecule has 0 unspecified atom stereocenters. The van der Waals surface area contributed by atoms with Gasteiger partial charge in [0.05, 0.1) is 12.4 Å². The summed E-state index contributed by atoms with van der Waals surface area (Å²) < 4.78 is 5.34. The first-order valence-electron chi connectivity index (χ1n) is 12.1. The number of benzene rings is 2. The van der Waals surface area contributed by atoms with Gasteiger partial charge in [-0.1, -0.05) is 87.4 Å². The van der Waals surface area contributed by atoms with Gasteiger partial charge in [0.1, 0.15) is 0 Å². The molecule has 0 bridgehead atoms. The van der Waals surface area contributed by atoms with Crippen molar-refractivity contribution in [3.8, 4) is 28.3 Å². The van der Waals surface area contributed by atoms with Crippen LogP contribution in [-0.4, -0.2) is 15.9 Å². The third-order valence-electron chi connectivity index (χ3n) is 5.51. The van der Waals surface area contributed by atoms with Crippen LogP contribution in [0, 0.1) is 0 Å². The Kier molecular flexibility index (Phi) is 9.84. The minimum absolute atomic E-state index is 0.253. The second-order valence-corrected chi connectivity index (χ2v) is 8.22. The summed E-state index contributed by atoms with van der Waals surface area (Å²) in [5, 5.41) is 0. The minimum Gasteiger partial charge on any atom is -0.423 e. The first kappa shape index (κ1) is 24.4. The smallest absolute Gasteiger partial charge is 0.311 e. The van der Waals surface area contributed by atoms with Gasteiger partial charge >= 0.3 is 5.97 Å². The number of aromatic nitrogens is 2. The van der Waals surface area contributed by atoms with E-state index in [0.717, 1.165) is 36.8 Å². The number of hydrogen-bond donors (Lipinski definition) is 0. The molecule has 0 fully saturated rings. The number of unbranched alkanes of at least 4 members (excludes halogenated alkanes) is 3. The molecular formula is C29H34N2O2. The van der Waals surface area contributed by atoms with E-state index < -0.39 is 0 Å². The van der Waals surface area contributed by atoms with E-state index >= 15 is 0 Å². The summed E-state index contributed by atoms with van der Waals surface area (Å²) in [7, 11) is 0. The molecule has 0 aliphatic heterocycles. The van der Waals surface area contributed by atoms with E-state index in [1.54, 1.807) is 12.4 Å². The number of esters is 1. The summed E-state index contributed by atoms with van der Waals surface area (Å²) in [5.41, 5.74) is 4.69. The van der Waals surface area contributed by atoms with Gasteiger partial charge in [-0.05, 0) is 48.8 Å². The fourth-order valence-electron chi connectivity index (χ4n) is 3.60. The fraction of sp³-hybridized carbons (Fsp3) is 0.345. The highest BCUT2D eigenvalue weighted by Crippen LogP contribution is 2.24. The SMILES string of the molecule is CC/C=C\CCCC(=O)Oc1cnc(-c2ccc(-c3ccc(CCCCC)cc3)cc2)nc1. The zero-order valence-electron chi connectivity index (χ0n) is 19.8. The molecule has 3 aromatic rings. The number of aryl methyl sites for hydroxylation is 1. The van der Waals surface area contributed by atoms with Crippen LogP contribution >= 0.6 is 0 Å². The van der Waals surface area contributed by atoms with Crippen LogP contribution in [0.15, 0.2) is 73.1 Å². The Morgan fingerprint density at radius 3 is 2.09 bits per heavy atom. The average molecular weight is 443 g/mol. The lowest BCUT2D eigenvalue weighted by Gasteiger charge is -2.07. The van der Waals surface area contributed by atoms with E-state index in [4.69, 9.17) is 4.74 Å². The zero-order chi connectivity index (χ0) is 23.3. The first-order chi connectivity index (χ1) is 16.2. The van der Waals surface area contributed by atoms with E-state index in [1.165, 1.54) is 30.4 Å². The lowest BCUT2D eigenvalue weighted by Crippen LogP contribution is -2.08. The normalized spacial score (nSPS) is 11.1. The topological polar surface area (TPSA) is 52.1 Å². The molecule has 0 N–H and O–H groups in total. The van der Waals surface area contributed by atoms with Gasteiger partial charge in [-0.15, -0.1) is 0 Å². The summed E-state index contributed by atoms with van der Waals surface area (Å²) >= 11 is 0. The molecule has 0 saturated heterocycles. The molecule has 4 heteroatoms. The van der Waals surface area contributed by atoms with Crippen LogP contribution in [0.2, 0.25) is 0 Å². The molecule has 0 aliphatic carbocycles. The van der Waals surface area contributed by atoms with E-state index in [9.17, 15) is 4.79 Å². The monoisotopic (exact) mass is 442 g/mol. The number of rotatable bonds is 12. The summed E-state index contributed by atoms with van der Waals surface area (Å²) in [6, 6.07) is 17.1. The second kappa shape index (κ2) is 13.3. The summed E-state index contributed by atoms with van der Waals surface area (Å²) in [5.74, 6) is 0.734. The minimum atomic E-state index is -0.253. The molecule has 1 aromatic heterocycles. The Bertz CT molecular complexity index is 1010. The number of carbonyl (C=O) groups excluding carboxylic acids is 1. The Morgan fingerprint density at radius 2 is 1.45 bits per heavy atom. The zero-order valence-corrected chi connectivity index (χ0v) is 19.8. The lowest BCUT2D eigenvalue weighted by atomic mass is 10.0. The Labute approximate surface area is 197 Å². The summed E-state index contributed by atoms with van der Waals surface area (Å²) in [6.45, 7) is 4.33. The Balaban J connectivity index is 1.54. The van der Waals surface area contributed by atoms with Crippen molar-refractivity contribution in [1.29, 1.82) is 0 Å². The third-order valence-corrected chi connectivity index (χ3v) is 5.51. The molecule has 0 aliphatic rings. The van der Waals surface area contributed by atoms with Crippen molar-refractivity contribution < 1.29 is 9.53 Å². The van der Waals surface area contributed by atoms with E-state index in [0.29, 0.717) is 18.0 Å². The molecule has 0 amide bonds. The van der Waals surface area contributed by atoms with Gasteiger partial charge in [-0.3, -0.25) is 4.79 Å². The predicted octanol–water partition coefficient (Wildman–Crippen LogP) is 7.59. The molecule has 0 spiro atoms. The predicted molar refractivity (Wildman–Crippen MR) is 135 cm³/mol. The number of hydrogen-bond acceptors (Lipinski definition) is 4. The van der Waals surface area contributed by atoms with Crippen molar-refractivity contribution in [2.24, 2.45) is 0 Å². The van der Waals surface area contributed by atoms with Crippen LogP contribution in [-0.2, 0) is 11.2 Å². The summed E-state index contributed by atoms with van der Waals surface area (Å²) in [6.07, 6.45) is 15.3. The fourth-order valence-corrected chi connectivity index (χ4v) is 3.60. The van der Waals surface area contributed by atoms with Crippen molar-refractivity contribution in [1.82, 2.24) is 9.97 Å². The summed E-state index contributed by atoms with van der Waals surface area (Å²) in [4.78, 5) is 20.7. The highest BCUT2D eigenvalue weighted by molar-refractivity contribution is 5.72. The van der Waals surface area contributed by atoms with Crippen LogP contribution in [0.4, 0.5) is 0 Å². The molecule has 0 radical (unpaired) electrons. The molecule has 172 valence electrons. The van der Waals surface area contributed by atoms with Gasteiger partial charge in [-0.2, -0.15) is 0 Å². The Hall–Kier alpha value is -3.27. The molecule has 2 aromatic carbocycles. The van der Waals surface area contributed by atoms with Gasteiger partial charge in [-0.25, -0.2) is 9.97 Å². The van der Waals surface area contributed by atoms with Crippen molar-refractivity contribution in [2.75, 3.05) is 0 Å². The van der Waals surface area contributed by atoms with Crippen molar-refractivity contribution in [2.45, 2.75) is 65.2 Å². The lowest BCUT2D eigenvalue weighted by molar-refractivity contribution is -0.134. The molecule has 4 nitrogen and oxygen atoms in total. The number of allylic oxidation sites excluding steroid dienone is 2. The first-order valence-corrected chi connectivity index (χ1v) is 12.1. The van der Waals surface area contributed by atoms with Gasteiger partial charge in [0.15, 0.2) is 11.6 Å². The van der Waals surface area contributed by atoms with Crippen molar-refractivity contribution in [3.63, 3.8) is 0 Å². The van der Waals surface area contributed by atoms with E-state index in [1.807, 2.05) is 12.1 Å². The second-order valence-electron chi connectivity index (χ2n) is 8.22. The van der Waals surface area contributed by atoms with Crippen molar-refractivity contribution >= 4 is 5.97 Å². The van der Waals surface area contributed by atoms with Crippen LogP contribution in [0.25, 0.3) is 22.5 Å². The number of nitrogens with zero attached hydrogens (tertiary/aromatic N) is 2. The maximum atomic E-state index is 12.0. The van der Waals surface area contributed by atoms with Gasteiger partial charge in [0.25, 0.3) is 0 Å². The third kappa shape index (κ3) is 7.98. The maximum absolute atomic E-state index is 12.0.